The Labute approximate surface area is 122 Å². The predicted octanol–water partition coefficient (Wildman–Crippen LogP) is 1.72. The van der Waals surface area contributed by atoms with E-state index in [1.165, 1.54) is 5.56 Å². The Morgan fingerprint density at radius 2 is 2.00 bits per heavy atom. The molecule has 4 nitrogen and oxygen atoms in total. The molecule has 0 aliphatic carbocycles. The lowest BCUT2D eigenvalue weighted by Crippen LogP contribution is -2.55. The highest BCUT2D eigenvalue weighted by atomic mass is 16.5. The first kappa shape index (κ1) is 15.3. The monoisotopic (exact) mass is 277 g/mol. The summed E-state index contributed by atoms with van der Waals surface area (Å²) in [7, 11) is 3.88. The minimum absolute atomic E-state index is 0.445. The van der Waals surface area contributed by atoms with E-state index in [2.05, 4.69) is 35.9 Å². The van der Waals surface area contributed by atoms with Crippen LogP contribution in [0.5, 0.6) is 5.75 Å². The zero-order valence-corrected chi connectivity index (χ0v) is 12.9. The number of methoxy groups -OCH3 is 1. The maximum absolute atomic E-state index is 5.98. The molecule has 1 heterocycles. The van der Waals surface area contributed by atoms with E-state index in [0.717, 1.165) is 38.3 Å². The lowest BCUT2D eigenvalue weighted by atomic mass is 9.99. The Hall–Kier alpha value is -1.10. The quantitative estimate of drug-likeness (QED) is 0.890. The van der Waals surface area contributed by atoms with Crippen molar-refractivity contribution in [3.8, 4) is 5.75 Å². The number of hydrogen-bond acceptors (Lipinski definition) is 4. The molecule has 2 rings (SSSR count). The van der Waals surface area contributed by atoms with Crippen molar-refractivity contribution in [3.63, 3.8) is 0 Å². The average Bonchev–Trinajstić information content (AvgIpc) is 2.50. The molecule has 1 aliphatic rings. The van der Waals surface area contributed by atoms with E-state index in [-0.39, 0.29) is 0 Å². The number of nitrogens with two attached hydrogens (primary N) is 1. The molecule has 112 valence electrons. The van der Waals surface area contributed by atoms with Gasteiger partial charge >= 0.3 is 0 Å². The molecule has 2 N–H and O–H groups in total. The number of rotatable bonds is 5. The van der Waals surface area contributed by atoms with Crippen molar-refractivity contribution in [2.45, 2.75) is 25.4 Å². The first-order chi connectivity index (χ1) is 9.69. The topological polar surface area (TPSA) is 41.7 Å². The first-order valence-corrected chi connectivity index (χ1v) is 7.47. The van der Waals surface area contributed by atoms with E-state index in [1.807, 2.05) is 12.1 Å². The van der Waals surface area contributed by atoms with Crippen LogP contribution in [0.3, 0.4) is 0 Å². The van der Waals surface area contributed by atoms with E-state index in [1.54, 1.807) is 7.11 Å². The summed E-state index contributed by atoms with van der Waals surface area (Å²) in [5.74, 6) is 0.914. The fourth-order valence-electron chi connectivity index (χ4n) is 3.13. The normalized spacial score (nSPS) is 22.7. The highest BCUT2D eigenvalue weighted by Crippen LogP contribution is 2.29. The third kappa shape index (κ3) is 3.32. The van der Waals surface area contributed by atoms with Crippen LogP contribution in [-0.4, -0.2) is 56.2 Å². The van der Waals surface area contributed by atoms with E-state index in [0.29, 0.717) is 12.1 Å². The maximum atomic E-state index is 5.98. The number of benzene rings is 1. The minimum Gasteiger partial charge on any atom is -0.497 e. The fourth-order valence-corrected chi connectivity index (χ4v) is 3.13. The zero-order valence-electron chi connectivity index (χ0n) is 12.9. The van der Waals surface area contributed by atoms with Gasteiger partial charge in [0.25, 0.3) is 0 Å². The van der Waals surface area contributed by atoms with Crippen LogP contribution in [0.15, 0.2) is 24.3 Å². The molecule has 0 bridgehead atoms. The Bertz CT molecular complexity index is 407. The molecule has 0 spiro atoms. The molecular weight excluding hydrogens is 250 g/mol. The molecule has 1 aliphatic heterocycles. The van der Waals surface area contributed by atoms with Crippen molar-refractivity contribution in [3.05, 3.63) is 29.8 Å². The maximum Gasteiger partial charge on any atom is 0.118 e. The molecule has 20 heavy (non-hydrogen) atoms. The van der Waals surface area contributed by atoms with Gasteiger partial charge in [0, 0.05) is 38.3 Å². The lowest BCUT2D eigenvalue weighted by molar-refractivity contribution is 0.0538. The number of piperazine rings is 1. The number of hydrogen-bond donors (Lipinski definition) is 1. The van der Waals surface area contributed by atoms with Gasteiger partial charge in [0.15, 0.2) is 0 Å². The summed E-state index contributed by atoms with van der Waals surface area (Å²) < 4.78 is 5.24. The molecule has 1 fully saturated rings. The Balaban J connectivity index is 2.17. The molecule has 2 atom stereocenters. The van der Waals surface area contributed by atoms with E-state index in [4.69, 9.17) is 10.5 Å². The summed E-state index contributed by atoms with van der Waals surface area (Å²) in [4.78, 5) is 4.94. The Morgan fingerprint density at radius 3 is 2.55 bits per heavy atom. The van der Waals surface area contributed by atoms with Gasteiger partial charge in [-0.2, -0.15) is 0 Å². The van der Waals surface area contributed by atoms with E-state index >= 15 is 0 Å². The summed E-state index contributed by atoms with van der Waals surface area (Å²) in [5, 5.41) is 0. The number of ether oxygens (including phenoxy) is 1. The molecule has 2 unspecified atom stereocenters. The molecular formula is C16H27N3O. The minimum atomic E-state index is 0.445. The van der Waals surface area contributed by atoms with Crippen LogP contribution in [0, 0.1) is 0 Å². The fraction of sp³-hybridized carbons (Fsp3) is 0.625. The van der Waals surface area contributed by atoms with Crippen LogP contribution >= 0.6 is 0 Å². The van der Waals surface area contributed by atoms with E-state index in [9.17, 15) is 0 Å². The van der Waals surface area contributed by atoms with Crippen molar-refractivity contribution in [2.24, 2.45) is 5.73 Å². The van der Waals surface area contributed by atoms with Crippen molar-refractivity contribution in [2.75, 3.05) is 40.3 Å². The summed E-state index contributed by atoms with van der Waals surface area (Å²) >= 11 is 0. The molecule has 0 aromatic heterocycles. The van der Waals surface area contributed by atoms with Crippen LogP contribution in [0.2, 0.25) is 0 Å². The Kier molecular flexibility index (Phi) is 5.40. The molecule has 0 radical (unpaired) electrons. The molecule has 1 aromatic carbocycles. The smallest absolute Gasteiger partial charge is 0.118 e. The third-order valence-corrected chi connectivity index (χ3v) is 4.29. The second-order valence-corrected chi connectivity index (χ2v) is 5.59. The Morgan fingerprint density at radius 1 is 1.30 bits per heavy atom. The summed E-state index contributed by atoms with van der Waals surface area (Å²) in [6.07, 6.45) is 1.10. The highest BCUT2D eigenvalue weighted by molar-refractivity contribution is 5.29. The molecule has 0 saturated carbocycles. The van der Waals surface area contributed by atoms with Gasteiger partial charge in [0.2, 0.25) is 0 Å². The van der Waals surface area contributed by atoms with Crippen molar-refractivity contribution in [1.29, 1.82) is 0 Å². The summed E-state index contributed by atoms with van der Waals surface area (Å²) in [6.45, 7) is 6.23. The zero-order chi connectivity index (χ0) is 14.5. The van der Waals surface area contributed by atoms with Crippen LogP contribution in [-0.2, 0) is 0 Å². The molecule has 0 amide bonds. The summed E-state index contributed by atoms with van der Waals surface area (Å²) in [5.41, 5.74) is 7.34. The van der Waals surface area contributed by atoms with Gasteiger partial charge in [0.05, 0.1) is 7.11 Å². The van der Waals surface area contributed by atoms with Crippen molar-refractivity contribution < 1.29 is 4.74 Å². The van der Waals surface area contributed by atoms with Gasteiger partial charge in [-0.3, -0.25) is 4.90 Å². The lowest BCUT2D eigenvalue weighted by Gasteiger charge is -2.44. The average molecular weight is 277 g/mol. The van der Waals surface area contributed by atoms with Gasteiger partial charge in [0.1, 0.15) is 5.75 Å². The van der Waals surface area contributed by atoms with Gasteiger partial charge < -0.3 is 15.4 Å². The van der Waals surface area contributed by atoms with Crippen LogP contribution in [0.4, 0.5) is 0 Å². The number of likely N-dealkylation sites (N-methyl/N-ethyl adjacent to an activating group) is 1. The van der Waals surface area contributed by atoms with Gasteiger partial charge in [-0.15, -0.1) is 0 Å². The summed E-state index contributed by atoms with van der Waals surface area (Å²) in [6, 6.07) is 9.35. The van der Waals surface area contributed by atoms with Gasteiger partial charge in [-0.1, -0.05) is 19.1 Å². The van der Waals surface area contributed by atoms with Crippen molar-refractivity contribution >= 4 is 0 Å². The molecule has 4 heteroatoms. The highest BCUT2D eigenvalue weighted by Gasteiger charge is 2.29. The second kappa shape index (κ2) is 7.07. The van der Waals surface area contributed by atoms with Crippen LogP contribution in [0.1, 0.15) is 24.9 Å². The van der Waals surface area contributed by atoms with Crippen molar-refractivity contribution in [1.82, 2.24) is 9.80 Å². The van der Waals surface area contributed by atoms with Crippen LogP contribution < -0.4 is 10.5 Å². The standard InChI is InChI=1S/C16H27N3O/c1-4-16(13-5-7-15(20-3)8-6-13)19-10-9-18(2)12-14(19)11-17/h5-8,14,16H,4,9-12,17H2,1-3H3. The predicted molar refractivity (Wildman–Crippen MR) is 83.1 cm³/mol. The largest absolute Gasteiger partial charge is 0.497 e. The second-order valence-electron chi connectivity index (χ2n) is 5.59. The number of nitrogens with zero attached hydrogens (tertiary/aromatic N) is 2. The third-order valence-electron chi connectivity index (χ3n) is 4.29. The van der Waals surface area contributed by atoms with E-state index < -0.39 is 0 Å². The van der Waals surface area contributed by atoms with Gasteiger partial charge in [-0.05, 0) is 31.2 Å². The first-order valence-electron chi connectivity index (χ1n) is 7.47. The molecule has 1 aromatic rings. The van der Waals surface area contributed by atoms with Gasteiger partial charge in [-0.25, -0.2) is 0 Å². The van der Waals surface area contributed by atoms with Crippen LogP contribution in [0.25, 0.3) is 0 Å². The SMILES string of the molecule is CCC(c1ccc(OC)cc1)N1CCN(C)CC1CN. The molecule has 1 saturated heterocycles.